The van der Waals surface area contributed by atoms with Crippen molar-refractivity contribution in [3.8, 4) is 5.75 Å². The van der Waals surface area contributed by atoms with Crippen LogP contribution in [-0.2, 0) is 0 Å². The second-order valence-corrected chi connectivity index (χ2v) is 4.13. The largest absolute Gasteiger partial charge is 0.494 e. The van der Waals surface area contributed by atoms with Crippen molar-refractivity contribution in [1.82, 2.24) is 0 Å². The minimum Gasteiger partial charge on any atom is -0.494 e. The van der Waals surface area contributed by atoms with Crippen molar-refractivity contribution < 1.29 is 9.53 Å². The van der Waals surface area contributed by atoms with Crippen molar-refractivity contribution in [2.45, 2.75) is 6.92 Å². The van der Waals surface area contributed by atoms with Gasteiger partial charge in [0.05, 0.1) is 6.61 Å². The van der Waals surface area contributed by atoms with E-state index in [0.29, 0.717) is 29.1 Å². The van der Waals surface area contributed by atoms with E-state index in [1.807, 2.05) is 6.92 Å². The molecule has 0 amide bonds. The van der Waals surface area contributed by atoms with Gasteiger partial charge >= 0.3 is 0 Å². The van der Waals surface area contributed by atoms with E-state index >= 15 is 0 Å². The van der Waals surface area contributed by atoms with Crippen molar-refractivity contribution in [1.29, 1.82) is 0 Å². The van der Waals surface area contributed by atoms with E-state index < -0.39 is 0 Å². The van der Waals surface area contributed by atoms with Gasteiger partial charge in [-0.1, -0.05) is 0 Å². The molecule has 0 radical (unpaired) electrons. The van der Waals surface area contributed by atoms with Gasteiger partial charge in [-0.2, -0.15) is 0 Å². The molecule has 0 spiro atoms. The van der Waals surface area contributed by atoms with Gasteiger partial charge in [0.25, 0.3) is 0 Å². The van der Waals surface area contributed by atoms with Gasteiger partial charge in [0, 0.05) is 22.5 Å². The van der Waals surface area contributed by atoms with Crippen molar-refractivity contribution in [2.75, 3.05) is 18.1 Å². The van der Waals surface area contributed by atoms with E-state index in [1.165, 1.54) is 0 Å². The Kier molecular flexibility index (Phi) is 3.71. The van der Waals surface area contributed by atoms with E-state index in [2.05, 4.69) is 0 Å². The lowest BCUT2D eigenvalue weighted by atomic mass is 10.0. The van der Waals surface area contributed by atoms with E-state index in [4.69, 9.17) is 16.2 Å². The number of ether oxygens (including phenoxy) is 1. The molecule has 0 bridgehead atoms. The summed E-state index contributed by atoms with van der Waals surface area (Å²) in [7, 11) is 0. The SMILES string of the molecule is CCOc1ccc(C(=O)c2ccc(N)cc2N)cc1. The zero-order chi connectivity index (χ0) is 13.8. The third kappa shape index (κ3) is 2.85. The van der Waals surface area contributed by atoms with E-state index in [-0.39, 0.29) is 5.78 Å². The second-order valence-electron chi connectivity index (χ2n) is 4.13. The van der Waals surface area contributed by atoms with Crippen molar-refractivity contribution >= 4 is 17.2 Å². The molecule has 0 unspecified atom stereocenters. The summed E-state index contributed by atoms with van der Waals surface area (Å²) in [5, 5.41) is 0. The fourth-order valence-corrected chi connectivity index (χ4v) is 1.81. The first-order valence-corrected chi connectivity index (χ1v) is 6.04. The minimum absolute atomic E-state index is 0.124. The molecule has 4 heteroatoms. The normalized spacial score (nSPS) is 10.2. The van der Waals surface area contributed by atoms with E-state index in [1.54, 1.807) is 42.5 Å². The maximum Gasteiger partial charge on any atom is 0.195 e. The molecule has 0 aliphatic rings. The molecule has 2 rings (SSSR count). The van der Waals surface area contributed by atoms with Gasteiger partial charge < -0.3 is 16.2 Å². The number of ketones is 1. The van der Waals surface area contributed by atoms with E-state index in [9.17, 15) is 4.79 Å². The van der Waals surface area contributed by atoms with Crippen LogP contribution in [0.4, 0.5) is 11.4 Å². The number of anilines is 2. The topological polar surface area (TPSA) is 78.3 Å². The average molecular weight is 256 g/mol. The lowest BCUT2D eigenvalue weighted by Crippen LogP contribution is -2.06. The molecule has 2 aromatic rings. The lowest BCUT2D eigenvalue weighted by Gasteiger charge is -2.07. The molecule has 0 saturated heterocycles. The first-order chi connectivity index (χ1) is 9.11. The van der Waals surface area contributed by atoms with Crippen LogP contribution in [-0.4, -0.2) is 12.4 Å². The molecule has 0 atom stereocenters. The minimum atomic E-state index is -0.124. The molecule has 0 aliphatic carbocycles. The van der Waals surface area contributed by atoms with Crippen LogP contribution in [0.25, 0.3) is 0 Å². The van der Waals surface area contributed by atoms with Crippen LogP contribution >= 0.6 is 0 Å². The number of hydrogen-bond donors (Lipinski definition) is 2. The lowest BCUT2D eigenvalue weighted by molar-refractivity contribution is 0.103. The highest BCUT2D eigenvalue weighted by Crippen LogP contribution is 2.21. The Balaban J connectivity index is 2.28. The quantitative estimate of drug-likeness (QED) is 0.650. The summed E-state index contributed by atoms with van der Waals surface area (Å²) in [6.45, 7) is 2.51. The summed E-state index contributed by atoms with van der Waals surface area (Å²) in [4.78, 5) is 12.3. The molecule has 0 heterocycles. The predicted octanol–water partition coefficient (Wildman–Crippen LogP) is 2.48. The zero-order valence-corrected chi connectivity index (χ0v) is 10.7. The van der Waals surface area contributed by atoms with Gasteiger partial charge in [-0.3, -0.25) is 4.79 Å². The molecule has 98 valence electrons. The average Bonchev–Trinajstić information content (AvgIpc) is 2.39. The molecule has 4 N–H and O–H groups in total. The van der Waals surface area contributed by atoms with Crippen molar-refractivity contribution in [3.05, 3.63) is 53.6 Å². The van der Waals surface area contributed by atoms with Crippen LogP contribution in [0.5, 0.6) is 5.75 Å². The third-order valence-corrected chi connectivity index (χ3v) is 2.75. The van der Waals surface area contributed by atoms with Gasteiger partial charge in [-0.15, -0.1) is 0 Å². The predicted molar refractivity (Wildman–Crippen MR) is 76.3 cm³/mol. The van der Waals surface area contributed by atoms with Crippen LogP contribution < -0.4 is 16.2 Å². The first kappa shape index (κ1) is 13.0. The molecule has 0 saturated carbocycles. The number of carbonyl (C=O) groups is 1. The van der Waals surface area contributed by atoms with Crippen LogP contribution in [0, 0.1) is 0 Å². The molecule has 19 heavy (non-hydrogen) atoms. The standard InChI is InChI=1S/C15H16N2O2/c1-2-19-12-6-3-10(4-7-12)15(18)13-8-5-11(16)9-14(13)17/h3-9H,2,16-17H2,1H3. The fourth-order valence-electron chi connectivity index (χ4n) is 1.81. The molecule has 0 aliphatic heterocycles. The highest BCUT2D eigenvalue weighted by atomic mass is 16.5. The first-order valence-electron chi connectivity index (χ1n) is 6.04. The molecular weight excluding hydrogens is 240 g/mol. The summed E-state index contributed by atoms with van der Waals surface area (Å²) >= 11 is 0. The highest BCUT2D eigenvalue weighted by Gasteiger charge is 2.12. The number of hydrogen-bond acceptors (Lipinski definition) is 4. The van der Waals surface area contributed by atoms with Crippen LogP contribution in [0.15, 0.2) is 42.5 Å². The van der Waals surface area contributed by atoms with Gasteiger partial charge in [-0.25, -0.2) is 0 Å². The second kappa shape index (κ2) is 5.44. The summed E-state index contributed by atoms with van der Waals surface area (Å²) in [5.41, 5.74) is 13.4. The van der Waals surface area contributed by atoms with Crippen molar-refractivity contribution in [2.24, 2.45) is 0 Å². The van der Waals surface area contributed by atoms with Crippen molar-refractivity contribution in [3.63, 3.8) is 0 Å². The Morgan fingerprint density at radius 3 is 2.37 bits per heavy atom. The monoisotopic (exact) mass is 256 g/mol. The van der Waals surface area contributed by atoms with Gasteiger partial charge in [-0.05, 0) is 49.4 Å². The molecule has 2 aromatic carbocycles. The summed E-state index contributed by atoms with van der Waals surface area (Å²) < 4.78 is 5.33. The zero-order valence-electron chi connectivity index (χ0n) is 10.7. The Hall–Kier alpha value is -2.49. The smallest absolute Gasteiger partial charge is 0.195 e. The Morgan fingerprint density at radius 2 is 1.79 bits per heavy atom. The van der Waals surface area contributed by atoms with Gasteiger partial charge in [0.2, 0.25) is 0 Å². The van der Waals surface area contributed by atoms with Crippen LogP contribution in [0.3, 0.4) is 0 Å². The summed E-state index contributed by atoms with van der Waals surface area (Å²) in [6, 6.07) is 11.9. The molecule has 0 fully saturated rings. The van der Waals surface area contributed by atoms with E-state index in [0.717, 1.165) is 5.75 Å². The summed E-state index contributed by atoms with van der Waals surface area (Å²) in [6.07, 6.45) is 0. The van der Waals surface area contributed by atoms with Gasteiger partial charge in [0.1, 0.15) is 5.75 Å². The van der Waals surface area contributed by atoms with Crippen LogP contribution in [0.2, 0.25) is 0 Å². The number of nitrogen functional groups attached to an aromatic ring is 2. The van der Waals surface area contributed by atoms with Crippen LogP contribution in [0.1, 0.15) is 22.8 Å². The molecule has 0 aromatic heterocycles. The third-order valence-electron chi connectivity index (χ3n) is 2.75. The van der Waals surface area contributed by atoms with Gasteiger partial charge in [0.15, 0.2) is 5.78 Å². The number of benzene rings is 2. The maximum absolute atomic E-state index is 12.3. The Bertz CT molecular complexity index is 592. The Morgan fingerprint density at radius 1 is 1.11 bits per heavy atom. The maximum atomic E-state index is 12.3. The number of rotatable bonds is 4. The number of nitrogens with two attached hydrogens (primary N) is 2. The highest BCUT2D eigenvalue weighted by molar-refractivity contribution is 6.12. The molecular formula is C15H16N2O2. The fraction of sp³-hybridized carbons (Fsp3) is 0.133. The number of carbonyl (C=O) groups excluding carboxylic acids is 1. The molecule has 4 nitrogen and oxygen atoms in total. The Labute approximate surface area is 112 Å². The summed E-state index contributed by atoms with van der Waals surface area (Å²) in [5.74, 6) is 0.616.